The minimum Gasteiger partial charge on any atom is -0.344 e. The Morgan fingerprint density at radius 2 is 0.806 bits per heavy atom. The van der Waals surface area contributed by atoms with Crippen molar-refractivity contribution in [3.05, 3.63) is 0 Å². The molecule has 0 amide bonds. The largest absolute Gasteiger partial charge is 0.344 e. The Morgan fingerprint density at radius 3 is 1.10 bits per heavy atom. The van der Waals surface area contributed by atoms with E-state index in [4.69, 9.17) is 4.52 Å². The number of carbonyl (C=O) groups is 1. The van der Waals surface area contributed by atoms with Gasteiger partial charge in [0, 0.05) is 0 Å². The summed E-state index contributed by atoms with van der Waals surface area (Å²) in [5, 5.41) is 0. The van der Waals surface area contributed by atoms with Crippen molar-refractivity contribution in [2.75, 3.05) is 18.5 Å². The summed E-state index contributed by atoms with van der Waals surface area (Å²) in [6.07, 6.45) is 28.2. The standard InChI is InChI=1S/C27H57O2P.H3N/c1-5-9-12-15-18-21-24-30(29-27(28)8-4,25-22-19-16-13-10-6-2)26-23-20-17-14-11-7-3;/h30H,5-26H2,1-4H3;1H3. The third kappa shape index (κ3) is 20.2. The van der Waals surface area contributed by atoms with Crippen molar-refractivity contribution in [3.63, 3.8) is 0 Å². The molecule has 0 fully saturated rings. The van der Waals surface area contributed by atoms with E-state index < -0.39 is 7.49 Å². The molecule has 0 spiro atoms. The Morgan fingerprint density at radius 1 is 0.516 bits per heavy atom. The van der Waals surface area contributed by atoms with Gasteiger partial charge in [0.15, 0.2) is 0 Å². The molecule has 3 nitrogen and oxygen atoms in total. The first kappa shape index (κ1) is 33.0. The summed E-state index contributed by atoms with van der Waals surface area (Å²) in [5.41, 5.74) is 0. The normalized spacial score (nSPS) is 11.9. The molecule has 0 heterocycles. The molecule has 0 aliphatic rings. The van der Waals surface area contributed by atoms with Gasteiger partial charge >= 0.3 is 191 Å². The number of unbranched alkanes of at least 4 members (excludes halogenated alkanes) is 15. The van der Waals surface area contributed by atoms with Gasteiger partial charge in [-0.1, -0.05) is 0 Å². The van der Waals surface area contributed by atoms with Crippen LogP contribution in [0.5, 0.6) is 0 Å². The van der Waals surface area contributed by atoms with Crippen LogP contribution in [0.1, 0.15) is 150 Å². The predicted octanol–water partition coefficient (Wildman–Crippen LogP) is 9.85. The minimum atomic E-state index is -1.93. The molecular formula is C27H60NO2P. The molecule has 0 aromatic carbocycles. The zero-order valence-electron chi connectivity index (χ0n) is 22.1. The molecule has 190 valence electrons. The van der Waals surface area contributed by atoms with Crippen LogP contribution in [0, 0.1) is 0 Å². The van der Waals surface area contributed by atoms with E-state index in [0.717, 1.165) is 0 Å². The van der Waals surface area contributed by atoms with Crippen molar-refractivity contribution in [2.24, 2.45) is 0 Å². The van der Waals surface area contributed by atoms with Crippen LogP contribution < -0.4 is 6.15 Å². The van der Waals surface area contributed by atoms with E-state index in [1.807, 2.05) is 6.92 Å². The average Bonchev–Trinajstić information content (AvgIpc) is 2.75. The van der Waals surface area contributed by atoms with Crippen LogP contribution in [-0.4, -0.2) is 24.5 Å². The van der Waals surface area contributed by atoms with E-state index in [9.17, 15) is 4.79 Å². The maximum absolute atomic E-state index is 12.4. The number of hydrogen-bond acceptors (Lipinski definition) is 3. The average molecular weight is 462 g/mol. The molecule has 0 bridgehead atoms. The smallest absolute Gasteiger partial charge is 0.344 e. The molecule has 0 atom stereocenters. The predicted molar refractivity (Wildman–Crippen MR) is 144 cm³/mol. The zero-order valence-corrected chi connectivity index (χ0v) is 23.1. The van der Waals surface area contributed by atoms with Crippen LogP contribution in [-0.2, 0) is 9.32 Å². The third-order valence-electron chi connectivity index (χ3n) is 6.58. The fraction of sp³-hybridized carbons (Fsp3) is 0.963. The van der Waals surface area contributed by atoms with Crippen LogP contribution in [0.2, 0.25) is 0 Å². The van der Waals surface area contributed by atoms with E-state index in [1.165, 1.54) is 134 Å². The Balaban J connectivity index is 0. The van der Waals surface area contributed by atoms with Crippen molar-refractivity contribution < 1.29 is 9.32 Å². The van der Waals surface area contributed by atoms with Gasteiger partial charge in [0.1, 0.15) is 0 Å². The SMILES string of the molecule is CCCCCCCC[PH](CCCCCCCC)(CCCCCCCC)OC(=O)CC.N. The molecule has 0 rings (SSSR count). The fourth-order valence-electron chi connectivity index (χ4n) is 4.52. The molecule has 0 aliphatic carbocycles. The van der Waals surface area contributed by atoms with Gasteiger partial charge in [0.05, 0.1) is 0 Å². The Kier molecular flexibility index (Phi) is 26.1. The molecular weight excluding hydrogens is 401 g/mol. The topological polar surface area (TPSA) is 61.3 Å². The van der Waals surface area contributed by atoms with Crippen LogP contribution in [0.4, 0.5) is 0 Å². The Hall–Kier alpha value is -0.140. The molecule has 0 saturated carbocycles. The summed E-state index contributed by atoms with van der Waals surface area (Å²) in [7, 11) is -1.93. The van der Waals surface area contributed by atoms with Crippen LogP contribution in [0.3, 0.4) is 0 Å². The molecule has 0 saturated heterocycles. The van der Waals surface area contributed by atoms with Crippen LogP contribution >= 0.6 is 7.49 Å². The molecule has 0 radical (unpaired) electrons. The van der Waals surface area contributed by atoms with E-state index in [1.54, 1.807) is 0 Å². The molecule has 31 heavy (non-hydrogen) atoms. The number of carbonyl (C=O) groups excluding carboxylic acids is 1. The van der Waals surface area contributed by atoms with Gasteiger partial charge in [0.25, 0.3) is 0 Å². The van der Waals surface area contributed by atoms with E-state index in [0.29, 0.717) is 6.42 Å². The maximum Gasteiger partial charge on any atom is -0.344 e. The van der Waals surface area contributed by atoms with Gasteiger partial charge in [0.2, 0.25) is 0 Å². The van der Waals surface area contributed by atoms with Gasteiger partial charge in [-0.05, 0) is 0 Å². The van der Waals surface area contributed by atoms with Crippen molar-refractivity contribution >= 4 is 13.5 Å². The quantitative estimate of drug-likeness (QED) is 0.122. The van der Waals surface area contributed by atoms with E-state index in [-0.39, 0.29) is 12.1 Å². The number of rotatable bonds is 23. The molecule has 3 N–H and O–H groups in total. The van der Waals surface area contributed by atoms with Crippen molar-refractivity contribution in [1.82, 2.24) is 6.15 Å². The summed E-state index contributed by atoms with van der Waals surface area (Å²) in [6.45, 7) is 8.80. The van der Waals surface area contributed by atoms with E-state index >= 15 is 0 Å². The van der Waals surface area contributed by atoms with Crippen molar-refractivity contribution in [1.29, 1.82) is 0 Å². The van der Waals surface area contributed by atoms with Gasteiger partial charge in [-0.25, -0.2) is 0 Å². The fourth-order valence-corrected chi connectivity index (χ4v) is 8.89. The van der Waals surface area contributed by atoms with Crippen LogP contribution in [0.25, 0.3) is 0 Å². The minimum absolute atomic E-state index is 0. The second kappa shape index (κ2) is 24.5. The third-order valence-corrected chi connectivity index (χ3v) is 11.0. The van der Waals surface area contributed by atoms with Crippen molar-refractivity contribution in [3.8, 4) is 0 Å². The van der Waals surface area contributed by atoms with Gasteiger partial charge in [-0.2, -0.15) is 0 Å². The zero-order chi connectivity index (χ0) is 22.3. The van der Waals surface area contributed by atoms with Gasteiger partial charge < -0.3 is 6.15 Å². The summed E-state index contributed by atoms with van der Waals surface area (Å²) < 4.78 is 6.37. The monoisotopic (exact) mass is 461 g/mol. The maximum atomic E-state index is 12.4. The first-order valence-electron chi connectivity index (χ1n) is 13.9. The first-order valence-corrected chi connectivity index (χ1v) is 16.4. The summed E-state index contributed by atoms with van der Waals surface area (Å²) in [5.74, 6) is 0.0737. The first-order chi connectivity index (χ1) is 14.6. The molecule has 0 aromatic rings. The molecule has 0 aliphatic heterocycles. The molecule has 0 unspecified atom stereocenters. The summed E-state index contributed by atoms with van der Waals surface area (Å²) in [4.78, 5) is 12.4. The summed E-state index contributed by atoms with van der Waals surface area (Å²) >= 11 is 0. The van der Waals surface area contributed by atoms with E-state index in [2.05, 4.69) is 20.8 Å². The van der Waals surface area contributed by atoms with Gasteiger partial charge in [-0.15, -0.1) is 0 Å². The molecule has 4 heteroatoms. The Bertz CT molecular complexity index is 335. The summed E-state index contributed by atoms with van der Waals surface area (Å²) in [6, 6.07) is 0. The van der Waals surface area contributed by atoms with Crippen LogP contribution in [0.15, 0.2) is 0 Å². The number of hydrogen-bond donors (Lipinski definition) is 1. The molecule has 0 aromatic heterocycles. The van der Waals surface area contributed by atoms with Gasteiger partial charge in [-0.3, -0.25) is 0 Å². The van der Waals surface area contributed by atoms with Crippen molar-refractivity contribution in [2.45, 2.75) is 150 Å². The second-order valence-corrected chi connectivity index (χ2v) is 13.6. The Labute approximate surface area is 197 Å². The second-order valence-electron chi connectivity index (χ2n) is 9.56.